The minimum absolute atomic E-state index is 0.167. The minimum atomic E-state index is -0.167. The molecule has 148 valence electrons. The standard InChI is InChI=1S/C22H20ClN3O3/c1-14-10-18(28-3)8-9-19(14)20-12-25(2)22(27)26-11-16(24-21(20)26)13-29-17-6-4-15(23)5-7-17/h4-12H,13H2,1-3H3. The second-order valence-corrected chi connectivity index (χ2v) is 7.22. The zero-order valence-corrected chi connectivity index (χ0v) is 17.1. The van der Waals surface area contributed by atoms with Gasteiger partial charge in [-0.2, -0.15) is 0 Å². The molecule has 0 N–H and O–H groups in total. The van der Waals surface area contributed by atoms with Crippen molar-refractivity contribution in [1.82, 2.24) is 14.0 Å². The van der Waals surface area contributed by atoms with E-state index in [1.165, 1.54) is 0 Å². The summed E-state index contributed by atoms with van der Waals surface area (Å²) in [6.45, 7) is 2.25. The summed E-state index contributed by atoms with van der Waals surface area (Å²) in [7, 11) is 3.37. The van der Waals surface area contributed by atoms with Crippen molar-refractivity contribution in [3.8, 4) is 22.6 Å². The molecule has 4 aromatic rings. The van der Waals surface area contributed by atoms with Crippen LogP contribution in [0.2, 0.25) is 5.02 Å². The SMILES string of the molecule is COc1ccc(-c2cn(C)c(=O)n3cc(COc4ccc(Cl)cc4)nc23)c(C)c1. The maximum Gasteiger partial charge on any atom is 0.333 e. The molecule has 0 aliphatic rings. The first-order valence-electron chi connectivity index (χ1n) is 9.07. The molecule has 6 nitrogen and oxygen atoms in total. The lowest BCUT2D eigenvalue weighted by Crippen LogP contribution is -2.23. The van der Waals surface area contributed by atoms with E-state index in [1.54, 1.807) is 53.6 Å². The summed E-state index contributed by atoms with van der Waals surface area (Å²) in [4.78, 5) is 17.3. The van der Waals surface area contributed by atoms with Crippen LogP contribution in [0.25, 0.3) is 16.8 Å². The Labute approximate surface area is 172 Å². The van der Waals surface area contributed by atoms with Gasteiger partial charge < -0.3 is 14.0 Å². The molecular formula is C22H20ClN3O3. The molecule has 0 aliphatic heterocycles. The lowest BCUT2D eigenvalue weighted by molar-refractivity contribution is 0.302. The van der Waals surface area contributed by atoms with Gasteiger partial charge in [0.25, 0.3) is 0 Å². The normalized spacial score (nSPS) is 11.0. The predicted molar refractivity (Wildman–Crippen MR) is 113 cm³/mol. The molecule has 2 heterocycles. The monoisotopic (exact) mass is 409 g/mol. The Morgan fingerprint density at radius 3 is 2.45 bits per heavy atom. The van der Waals surface area contributed by atoms with Gasteiger partial charge in [-0.25, -0.2) is 9.78 Å². The van der Waals surface area contributed by atoms with Crippen LogP contribution in [0.5, 0.6) is 11.5 Å². The number of rotatable bonds is 5. The molecule has 0 spiro atoms. The highest BCUT2D eigenvalue weighted by molar-refractivity contribution is 6.30. The van der Waals surface area contributed by atoms with Gasteiger partial charge in [-0.3, -0.25) is 4.40 Å². The number of hydrogen-bond acceptors (Lipinski definition) is 4. The van der Waals surface area contributed by atoms with Crippen LogP contribution >= 0.6 is 11.6 Å². The van der Waals surface area contributed by atoms with Gasteiger partial charge in [-0.1, -0.05) is 17.7 Å². The summed E-state index contributed by atoms with van der Waals surface area (Å²) in [6.07, 6.45) is 3.53. The summed E-state index contributed by atoms with van der Waals surface area (Å²) in [5, 5.41) is 0.646. The van der Waals surface area contributed by atoms with E-state index < -0.39 is 0 Å². The van der Waals surface area contributed by atoms with Gasteiger partial charge >= 0.3 is 5.69 Å². The summed E-state index contributed by atoms with van der Waals surface area (Å²) >= 11 is 5.91. The fraction of sp³-hybridized carbons (Fsp3) is 0.182. The van der Waals surface area contributed by atoms with Crippen molar-refractivity contribution in [3.63, 3.8) is 0 Å². The molecule has 0 saturated heterocycles. The molecular weight excluding hydrogens is 390 g/mol. The topological polar surface area (TPSA) is 57.8 Å². The van der Waals surface area contributed by atoms with Crippen LogP contribution in [0.1, 0.15) is 11.3 Å². The molecule has 0 amide bonds. The number of methoxy groups -OCH3 is 1. The van der Waals surface area contributed by atoms with Crippen LogP contribution < -0.4 is 15.2 Å². The molecule has 29 heavy (non-hydrogen) atoms. The number of hydrogen-bond donors (Lipinski definition) is 0. The maximum absolute atomic E-state index is 12.6. The number of aryl methyl sites for hydroxylation is 2. The van der Waals surface area contributed by atoms with Gasteiger partial charge in [0.1, 0.15) is 18.1 Å². The van der Waals surface area contributed by atoms with Gasteiger partial charge in [0.2, 0.25) is 0 Å². The largest absolute Gasteiger partial charge is 0.497 e. The van der Waals surface area contributed by atoms with Crippen molar-refractivity contribution >= 4 is 17.2 Å². The molecule has 7 heteroatoms. The number of ether oxygens (including phenoxy) is 2. The van der Waals surface area contributed by atoms with Gasteiger partial charge in [-0.05, 0) is 54.4 Å². The molecule has 0 aliphatic carbocycles. The highest BCUT2D eigenvalue weighted by Gasteiger charge is 2.15. The van der Waals surface area contributed by atoms with E-state index in [1.807, 2.05) is 31.3 Å². The Kier molecular flexibility index (Phi) is 5.03. The van der Waals surface area contributed by atoms with E-state index >= 15 is 0 Å². The quantitative estimate of drug-likeness (QED) is 0.494. The van der Waals surface area contributed by atoms with Crippen LogP contribution in [0, 0.1) is 6.92 Å². The Morgan fingerprint density at radius 2 is 1.76 bits per heavy atom. The summed E-state index contributed by atoms with van der Waals surface area (Å²) < 4.78 is 14.2. The summed E-state index contributed by atoms with van der Waals surface area (Å²) in [6, 6.07) is 13.0. The second-order valence-electron chi connectivity index (χ2n) is 6.79. The molecule has 0 unspecified atom stereocenters. The van der Waals surface area contributed by atoms with E-state index in [-0.39, 0.29) is 12.3 Å². The lowest BCUT2D eigenvalue weighted by atomic mass is 10.0. The van der Waals surface area contributed by atoms with E-state index in [0.717, 1.165) is 22.4 Å². The van der Waals surface area contributed by atoms with Crippen molar-refractivity contribution in [2.24, 2.45) is 7.05 Å². The highest BCUT2D eigenvalue weighted by Crippen LogP contribution is 2.29. The lowest BCUT2D eigenvalue weighted by Gasteiger charge is -2.11. The predicted octanol–water partition coefficient (Wildman–Crippen LogP) is 4.25. The zero-order valence-electron chi connectivity index (χ0n) is 16.3. The van der Waals surface area contributed by atoms with E-state index in [0.29, 0.717) is 22.1 Å². The number of benzene rings is 2. The Balaban J connectivity index is 1.75. The Bertz CT molecular complexity index is 1240. The summed E-state index contributed by atoms with van der Waals surface area (Å²) in [5.41, 5.74) is 3.98. The van der Waals surface area contributed by atoms with E-state index in [2.05, 4.69) is 4.98 Å². The zero-order chi connectivity index (χ0) is 20.5. The van der Waals surface area contributed by atoms with Gasteiger partial charge in [-0.15, -0.1) is 0 Å². The van der Waals surface area contributed by atoms with Crippen LogP contribution in [-0.2, 0) is 13.7 Å². The maximum atomic E-state index is 12.6. The first-order valence-corrected chi connectivity index (χ1v) is 9.45. The van der Waals surface area contributed by atoms with E-state index in [9.17, 15) is 4.79 Å². The first kappa shape index (κ1) is 19.1. The van der Waals surface area contributed by atoms with Crippen molar-refractivity contribution in [3.05, 3.63) is 81.6 Å². The molecule has 0 radical (unpaired) electrons. The third kappa shape index (κ3) is 3.71. The van der Waals surface area contributed by atoms with Crippen LogP contribution in [0.4, 0.5) is 0 Å². The van der Waals surface area contributed by atoms with E-state index in [4.69, 9.17) is 21.1 Å². The number of fused-ring (bicyclic) bond motifs is 1. The molecule has 2 aromatic heterocycles. The molecule has 0 saturated carbocycles. The number of aromatic nitrogens is 3. The second kappa shape index (κ2) is 7.64. The summed E-state index contributed by atoms with van der Waals surface area (Å²) in [5.74, 6) is 1.47. The van der Waals surface area contributed by atoms with Crippen LogP contribution in [-0.4, -0.2) is 21.1 Å². The highest BCUT2D eigenvalue weighted by atomic mass is 35.5. The molecule has 2 aromatic carbocycles. The Morgan fingerprint density at radius 1 is 1.03 bits per heavy atom. The van der Waals surface area contributed by atoms with Crippen LogP contribution in [0.15, 0.2) is 59.7 Å². The van der Waals surface area contributed by atoms with Gasteiger partial charge in [0.15, 0.2) is 5.65 Å². The average molecular weight is 410 g/mol. The number of nitrogens with zero attached hydrogens (tertiary/aromatic N) is 3. The molecule has 0 bridgehead atoms. The minimum Gasteiger partial charge on any atom is -0.497 e. The molecule has 4 rings (SSSR count). The third-order valence-electron chi connectivity index (χ3n) is 4.75. The average Bonchev–Trinajstić information content (AvgIpc) is 3.15. The van der Waals surface area contributed by atoms with Gasteiger partial charge in [0.05, 0.1) is 12.8 Å². The van der Waals surface area contributed by atoms with Crippen LogP contribution in [0.3, 0.4) is 0 Å². The van der Waals surface area contributed by atoms with Crippen molar-refractivity contribution in [1.29, 1.82) is 0 Å². The van der Waals surface area contributed by atoms with Crippen molar-refractivity contribution in [2.45, 2.75) is 13.5 Å². The number of imidazole rings is 1. The molecule has 0 atom stereocenters. The smallest absolute Gasteiger partial charge is 0.333 e. The van der Waals surface area contributed by atoms with Crippen molar-refractivity contribution in [2.75, 3.05) is 7.11 Å². The van der Waals surface area contributed by atoms with Gasteiger partial charge in [0, 0.05) is 30.0 Å². The fourth-order valence-corrected chi connectivity index (χ4v) is 3.38. The van der Waals surface area contributed by atoms with Crippen molar-refractivity contribution < 1.29 is 9.47 Å². The number of halogens is 1. The first-order chi connectivity index (χ1) is 14.0. The fourth-order valence-electron chi connectivity index (χ4n) is 3.25. The Hall–Kier alpha value is -3.25. The third-order valence-corrected chi connectivity index (χ3v) is 5.00. The molecule has 0 fully saturated rings.